The van der Waals surface area contributed by atoms with E-state index in [1.165, 1.54) is 0 Å². The minimum Gasteiger partial charge on any atom is -0.330 e. The van der Waals surface area contributed by atoms with E-state index in [-0.39, 0.29) is 0 Å². The van der Waals surface area contributed by atoms with Gasteiger partial charge in [0.05, 0.1) is 17.1 Å². The number of nitrogens with zero attached hydrogens (tertiary/aromatic N) is 2. The summed E-state index contributed by atoms with van der Waals surface area (Å²) in [6.45, 7) is 0.595. The van der Waals surface area contributed by atoms with Gasteiger partial charge in [0.2, 0.25) is 0 Å². The largest absolute Gasteiger partial charge is 0.330 e. The molecular weight excluding hydrogens is 176 g/mol. The molecule has 2 aromatic rings. The number of hydrogen-bond donors (Lipinski definition) is 2. The fourth-order valence-electron chi connectivity index (χ4n) is 1.47. The number of nitrogens with one attached hydrogen (secondary N) is 1. The third-order valence-electron chi connectivity index (χ3n) is 2.16. The molecule has 0 amide bonds. The maximum absolute atomic E-state index is 8.70. The summed E-state index contributed by atoms with van der Waals surface area (Å²) in [7, 11) is 0. The van der Waals surface area contributed by atoms with Crippen molar-refractivity contribution < 1.29 is 0 Å². The van der Waals surface area contributed by atoms with Crippen molar-refractivity contribution in [2.45, 2.75) is 6.42 Å². The van der Waals surface area contributed by atoms with Crippen molar-refractivity contribution in [2.24, 2.45) is 5.73 Å². The Morgan fingerprint density at radius 1 is 1.50 bits per heavy atom. The molecule has 0 fully saturated rings. The molecule has 2 rings (SSSR count). The molecule has 70 valence electrons. The molecule has 0 atom stereocenters. The van der Waals surface area contributed by atoms with E-state index in [1.807, 2.05) is 6.07 Å². The van der Waals surface area contributed by atoms with Gasteiger partial charge in [-0.15, -0.1) is 0 Å². The predicted octanol–water partition coefficient (Wildman–Crippen LogP) is 0.936. The maximum Gasteiger partial charge on any atom is 0.0992 e. The minimum atomic E-state index is 0.595. The second kappa shape index (κ2) is 3.48. The highest BCUT2D eigenvalue weighted by Crippen LogP contribution is 2.17. The van der Waals surface area contributed by atoms with E-state index in [0.29, 0.717) is 12.1 Å². The second-order valence-electron chi connectivity index (χ2n) is 3.08. The molecule has 0 spiro atoms. The standard InChI is InChI=1S/C10H10N4/c11-4-3-9-8-2-1-7(6-12)5-10(8)14-13-9/h1-2,5H,3-4,11H2,(H,13,14). The van der Waals surface area contributed by atoms with Crippen LogP contribution in [0.2, 0.25) is 0 Å². The summed E-state index contributed by atoms with van der Waals surface area (Å²) >= 11 is 0. The van der Waals surface area contributed by atoms with Gasteiger partial charge in [0.25, 0.3) is 0 Å². The van der Waals surface area contributed by atoms with E-state index in [0.717, 1.165) is 23.0 Å². The molecule has 0 aliphatic carbocycles. The first-order chi connectivity index (χ1) is 6.85. The zero-order valence-corrected chi connectivity index (χ0v) is 7.62. The Bertz CT molecular complexity index is 492. The summed E-state index contributed by atoms with van der Waals surface area (Å²) in [6, 6.07) is 7.55. The average molecular weight is 186 g/mol. The van der Waals surface area contributed by atoms with Crippen molar-refractivity contribution in [3.8, 4) is 6.07 Å². The number of aromatic amines is 1. The summed E-state index contributed by atoms with van der Waals surface area (Å²) < 4.78 is 0. The zero-order chi connectivity index (χ0) is 9.97. The number of hydrogen-bond acceptors (Lipinski definition) is 3. The van der Waals surface area contributed by atoms with Crippen molar-refractivity contribution in [3.63, 3.8) is 0 Å². The first kappa shape index (κ1) is 8.73. The molecule has 0 aliphatic heterocycles. The van der Waals surface area contributed by atoms with Crippen molar-refractivity contribution >= 4 is 10.9 Å². The number of nitrogens with two attached hydrogens (primary N) is 1. The fourth-order valence-corrected chi connectivity index (χ4v) is 1.47. The van der Waals surface area contributed by atoms with Crippen LogP contribution < -0.4 is 5.73 Å². The van der Waals surface area contributed by atoms with Crippen LogP contribution in [0.25, 0.3) is 10.9 Å². The average Bonchev–Trinajstić information content (AvgIpc) is 2.61. The molecule has 1 aromatic heterocycles. The first-order valence-corrected chi connectivity index (χ1v) is 4.42. The lowest BCUT2D eigenvalue weighted by molar-refractivity contribution is 0.909. The predicted molar refractivity (Wildman–Crippen MR) is 53.6 cm³/mol. The van der Waals surface area contributed by atoms with Crippen molar-refractivity contribution in [1.82, 2.24) is 10.2 Å². The van der Waals surface area contributed by atoms with Gasteiger partial charge in [-0.05, 0) is 24.7 Å². The first-order valence-electron chi connectivity index (χ1n) is 4.42. The molecule has 1 aromatic carbocycles. The van der Waals surface area contributed by atoms with Gasteiger partial charge in [0.1, 0.15) is 0 Å². The lowest BCUT2D eigenvalue weighted by Crippen LogP contribution is -2.03. The van der Waals surface area contributed by atoms with Gasteiger partial charge in [-0.1, -0.05) is 0 Å². The topological polar surface area (TPSA) is 78.5 Å². The Labute approximate surface area is 81.3 Å². The Morgan fingerprint density at radius 3 is 3.07 bits per heavy atom. The molecule has 0 aliphatic rings. The molecule has 0 bridgehead atoms. The highest BCUT2D eigenvalue weighted by atomic mass is 15.1. The third-order valence-corrected chi connectivity index (χ3v) is 2.16. The van der Waals surface area contributed by atoms with Crippen LogP contribution in [0, 0.1) is 11.3 Å². The van der Waals surface area contributed by atoms with Crippen LogP contribution in [0.5, 0.6) is 0 Å². The number of nitriles is 1. The van der Waals surface area contributed by atoms with E-state index in [1.54, 1.807) is 12.1 Å². The fraction of sp³-hybridized carbons (Fsp3) is 0.200. The van der Waals surface area contributed by atoms with Crippen molar-refractivity contribution in [3.05, 3.63) is 29.5 Å². The summed E-state index contributed by atoms with van der Waals surface area (Å²) in [5.41, 5.74) is 7.96. The number of rotatable bonds is 2. The lowest BCUT2D eigenvalue weighted by Gasteiger charge is -1.94. The smallest absolute Gasteiger partial charge is 0.0992 e. The number of benzene rings is 1. The Kier molecular flexibility index (Phi) is 2.17. The van der Waals surface area contributed by atoms with Crippen LogP contribution in [0.4, 0.5) is 0 Å². The molecule has 0 radical (unpaired) electrons. The van der Waals surface area contributed by atoms with Crippen LogP contribution in [0.15, 0.2) is 18.2 Å². The van der Waals surface area contributed by atoms with Gasteiger partial charge in [0.15, 0.2) is 0 Å². The van der Waals surface area contributed by atoms with E-state index in [9.17, 15) is 0 Å². The summed E-state index contributed by atoms with van der Waals surface area (Å²) in [5.74, 6) is 0. The molecule has 3 N–H and O–H groups in total. The molecule has 4 nitrogen and oxygen atoms in total. The molecule has 1 heterocycles. The van der Waals surface area contributed by atoms with Gasteiger partial charge in [-0.25, -0.2) is 0 Å². The van der Waals surface area contributed by atoms with E-state index < -0.39 is 0 Å². The highest BCUT2D eigenvalue weighted by Gasteiger charge is 2.04. The summed E-state index contributed by atoms with van der Waals surface area (Å²) in [6.07, 6.45) is 0.780. The maximum atomic E-state index is 8.70. The Morgan fingerprint density at radius 2 is 2.36 bits per heavy atom. The van der Waals surface area contributed by atoms with E-state index in [2.05, 4.69) is 16.3 Å². The monoisotopic (exact) mass is 186 g/mol. The van der Waals surface area contributed by atoms with E-state index in [4.69, 9.17) is 11.0 Å². The van der Waals surface area contributed by atoms with Crippen LogP contribution in [-0.4, -0.2) is 16.7 Å². The van der Waals surface area contributed by atoms with Crippen LogP contribution in [0.1, 0.15) is 11.3 Å². The van der Waals surface area contributed by atoms with Crippen LogP contribution in [0.3, 0.4) is 0 Å². The highest BCUT2D eigenvalue weighted by molar-refractivity contribution is 5.82. The molecule has 0 saturated heterocycles. The molecular formula is C10H10N4. The van der Waals surface area contributed by atoms with Crippen LogP contribution in [-0.2, 0) is 6.42 Å². The van der Waals surface area contributed by atoms with Crippen molar-refractivity contribution in [2.75, 3.05) is 6.54 Å². The summed E-state index contributed by atoms with van der Waals surface area (Å²) in [5, 5.41) is 16.8. The van der Waals surface area contributed by atoms with Gasteiger partial charge in [-0.3, -0.25) is 5.10 Å². The zero-order valence-electron chi connectivity index (χ0n) is 7.62. The lowest BCUT2D eigenvalue weighted by atomic mass is 10.1. The van der Waals surface area contributed by atoms with Gasteiger partial charge in [-0.2, -0.15) is 10.4 Å². The second-order valence-corrected chi connectivity index (χ2v) is 3.08. The van der Waals surface area contributed by atoms with Gasteiger partial charge >= 0.3 is 0 Å². The van der Waals surface area contributed by atoms with Crippen LogP contribution >= 0.6 is 0 Å². The molecule has 0 saturated carbocycles. The normalized spacial score (nSPS) is 10.3. The van der Waals surface area contributed by atoms with Crippen molar-refractivity contribution in [1.29, 1.82) is 5.26 Å². The molecule has 14 heavy (non-hydrogen) atoms. The SMILES string of the molecule is N#Cc1ccc2c(CCN)[nH]nc2c1. The number of fused-ring (bicyclic) bond motifs is 1. The summed E-state index contributed by atoms with van der Waals surface area (Å²) in [4.78, 5) is 0. The van der Waals surface area contributed by atoms with Gasteiger partial charge < -0.3 is 5.73 Å². The number of aromatic nitrogens is 2. The minimum absolute atomic E-state index is 0.595. The van der Waals surface area contributed by atoms with E-state index >= 15 is 0 Å². The molecule has 4 heteroatoms. The third kappa shape index (κ3) is 1.34. The Hall–Kier alpha value is -1.86. The quantitative estimate of drug-likeness (QED) is 0.732. The van der Waals surface area contributed by atoms with Gasteiger partial charge in [0, 0.05) is 17.5 Å². The Balaban J connectivity index is 2.55. The molecule has 0 unspecified atom stereocenters. The number of H-pyrrole nitrogens is 1.